The second-order valence-electron chi connectivity index (χ2n) is 6.07. The molecule has 3 N–H and O–H groups in total. The highest BCUT2D eigenvalue weighted by atomic mass is 32.2. The van der Waals surface area contributed by atoms with Crippen LogP contribution in [0, 0.1) is 0 Å². The van der Waals surface area contributed by atoms with E-state index in [4.69, 9.17) is 5.73 Å². The van der Waals surface area contributed by atoms with Crippen LogP contribution < -0.4 is 11.1 Å². The van der Waals surface area contributed by atoms with E-state index in [0.29, 0.717) is 16.8 Å². The Balaban J connectivity index is 1.53. The van der Waals surface area contributed by atoms with Gasteiger partial charge in [-0.15, -0.1) is 0 Å². The van der Waals surface area contributed by atoms with Crippen molar-refractivity contribution in [2.45, 2.75) is 11.5 Å². The third-order valence-electron chi connectivity index (χ3n) is 4.02. The normalized spacial score (nSPS) is 10.4. The van der Waals surface area contributed by atoms with Crippen LogP contribution in [-0.4, -0.2) is 11.8 Å². The number of benzene rings is 3. The van der Waals surface area contributed by atoms with E-state index in [2.05, 4.69) is 17.4 Å². The maximum Gasteiger partial charge on any atom is 0.255 e. The Kier molecular flexibility index (Phi) is 6.28. The van der Waals surface area contributed by atoms with Gasteiger partial charge in [-0.05, 0) is 47.5 Å². The van der Waals surface area contributed by atoms with Gasteiger partial charge in [0.15, 0.2) is 0 Å². The molecular weight excluding hydrogens is 356 g/mol. The van der Waals surface area contributed by atoms with E-state index in [1.165, 1.54) is 11.1 Å². The van der Waals surface area contributed by atoms with Crippen LogP contribution in [0.25, 0.3) is 0 Å². The first-order valence-electron chi connectivity index (χ1n) is 8.53. The molecule has 2 amide bonds. The van der Waals surface area contributed by atoms with Gasteiger partial charge in [0.05, 0.1) is 0 Å². The quantitative estimate of drug-likeness (QED) is 0.639. The van der Waals surface area contributed by atoms with E-state index >= 15 is 0 Å². The monoisotopic (exact) mass is 376 g/mol. The highest BCUT2D eigenvalue weighted by molar-refractivity contribution is 7.97. The summed E-state index contributed by atoms with van der Waals surface area (Å²) in [6.07, 6.45) is 0. The summed E-state index contributed by atoms with van der Waals surface area (Å²) < 4.78 is 0. The van der Waals surface area contributed by atoms with Gasteiger partial charge in [0, 0.05) is 28.3 Å². The van der Waals surface area contributed by atoms with Gasteiger partial charge < -0.3 is 11.1 Å². The summed E-state index contributed by atoms with van der Waals surface area (Å²) in [4.78, 5) is 23.4. The number of thioether (sulfide) groups is 1. The Labute approximate surface area is 162 Å². The second-order valence-corrected chi connectivity index (χ2v) is 7.06. The maximum atomic E-state index is 12.3. The number of hydrogen-bond donors (Lipinski definition) is 2. The molecule has 5 heteroatoms. The molecule has 0 saturated carbocycles. The molecule has 0 aromatic heterocycles. The van der Waals surface area contributed by atoms with Crippen molar-refractivity contribution in [1.82, 2.24) is 0 Å². The van der Waals surface area contributed by atoms with E-state index in [1.54, 1.807) is 24.3 Å². The first-order chi connectivity index (χ1) is 13.1. The molecule has 27 heavy (non-hydrogen) atoms. The summed E-state index contributed by atoms with van der Waals surface area (Å²) in [6.45, 7) is 0. The van der Waals surface area contributed by atoms with E-state index < -0.39 is 5.91 Å². The molecule has 0 spiro atoms. The van der Waals surface area contributed by atoms with Crippen LogP contribution in [-0.2, 0) is 11.5 Å². The number of primary amides is 1. The van der Waals surface area contributed by atoms with Crippen molar-refractivity contribution in [3.8, 4) is 0 Å². The summed E-state index contributed by atoms with van der Waals surface area (Å²) in [6, 6.07) is 24.4. The third-order valence-corrected chi connectivity index (χ3v) is 5.10. The predicted octanol–water partition coefficient (Wildman–Crippen LogP) is 4.47. The lowest BCUT2D eigenvalue weighted by Gasteiger charge is -2.07. The number of hydrogen-bond acceptors (Lipinski definition) is 3. The van der Waals surface area contributed by atoms with Gasteiger partial charge in [-0.2, -0.15) is 11.8 Å². The predicted molar refractivity (Wildman–Crippen MR) is 111 cm³/mol. The zero-order valence-electron chi connectivity index (χ0n) is 14.7. The highest BCUT2D eigenvalue weighted by Gasteiger charge is 2.07. The SMILES string of the molecule is NC(=O)c1ccc(NC(=O)c2ccc(CSCc3ccccc3)cc2)cc1. The minimum atomic E-state index is -0.492. The van der Waals surface area contributed by atoms with E-state index in [-0.39, 0.29) is 5.91 Å². The lowest BCUT2D eigenvalue weighted by Crippen LogP contribution is -2.13. The van der Waals surface area contributed by atoms with Gasteiger partial charge in [-0.25, -0.2) is 0 Å². The van der Waals surface area contributed by atoms with E-state index in [1.807, 2.05) is 54.2 Å². The fourth-order valence-corrected chi connectivity index (χ4v) is 3.49. The Bertz CT molecular complexity index is 907. The summed E-state index contributed by atoms with van der Waals surface area (Å²) in [5, 5.41) is 2.81. The summed E-state index contributed by atoms with van der Waals surface area (Å²) >= 11 is 1.84. The van der Waals surface area contributed by atoms with Crippen molar-refractivity contribution in [3.05, 3.63) is 101 Å². The first-order valence-corrected chi connectivity index (χ1v) is 9.69. The average Bonchev–Trinajstić information content (AvgIpc) is 2.70. The van der Waals surface area contributed by atoms with Crippen LogP contribution in [0.15, 0.2) is 78.9 Å². The first kappa shape index (κ1) is 18.7. The van der Waals surface area contributed by atoms with Crippen molar-refractivity contribution in [2.75, 3.05) is 5.32 Å². The molecule has 0 atom stereocenters. The number of nitrogens with two attached hydrogens (primary N) is 1. The number of nitrogens with one attached hydrogen (secondary N) is 1. The van der Waals surface area contributed by atoms with Crippen molar-refractivity contribution >= 4 is 29.3 Å². The Morgan fingerprint density at radius 1 is 0.741 bits per heavy atom. The highest BCUT2D eigenvalue weighted by Crippen LogP contribution is 2.18. The van der Waals surface area contributed by atoms with Crippen LogP contribution in [0.4, 0.5) is 5.69 Å². The molecule has 0 aliphatic carbocycles. The fourth-order valence-electron chi connectivity index (χ4n) is 2.53. The molecule has 0 aliphatic heterocycles. The second kappa shape index (κ2) is 9.05. The van der Waals surface area contributed by atoms with Gasteiger partial charge in [0.2, 0.25) is 5.91 Å². The summed E-state index contributed by atoms with van der Waals surface area (Å²) in [7, 11) is 0. The Hall–Kier alpha value is -3.05. The maximum absolute atomic E-state index is 12.3. The molecule has 136 valence electrons. The number of carbonyl (C=O) groups excluding carboxylic acids is 2. The standard InChI is InChI=1S/C22H20N2O2S/c23-21(25)18-10-12-20(13-11-18)24-22(26)19-8-6-17(7-9-19)15-27-14-16-4-2-1-3-5-16/h1-13H,14-15H2,(H2,23,25)(H,24,26). The number of amides is 2. The van der Waals surface area contributed by atoms with Gasteiger partial charge in [-0.3, -0.25) is 9.59 Å². The van der Waals surface area contributed by atoms with E-state index in [0.717, 1.165) is 11.5 Å². The van der Waals surface area contributed by atoms with Crippen molar-refractivity contribution < 1.29 is 9.59 Å². The molecule has 0 aliphatic rings. The fraction of sp³-hybridized carbons (Fsp3) is 0.0909. The molecule has 3 rings (SSSR count). The van der Waals surface area contributed by atoms with E-state index in [9.17, 15) is 9.59 Å². The molecule has 0 fully saturated rings. The van der Waals surface area contributed by atoms with Crippen LogP contribution >= 0.6 is 11.8 Å². The van der Waals surface area contributed by atoms with Crippen LogP contribution in [0.2, 0.25) is 0 Å². The minimum absolute atomic E-state index is 0.190. The van der Waals surface area contributed by atoms with Crippen LogP contribution in [0.5, 0.6) is 0 Å². The largest absolute Gasteiger partial charge is 0.366 e. The molecule has 0 radical (unpaired) electrons. The Morgan fingerprint density at radius 2 is 1.30 bits per heavy atom. The molecule has 4 nitrogen and oxygen atoms in total. The van der Waals surface area contributed by atoms with Crippen molar-refractivity contribution in [1.29, 1.82) is 0 Å². The third kappa shape index (κ3) is 5.46. The molecule has 3 aromatic carbocycles. The molecule has 0 saturated heterocycles. The molecule has 0 bridgehead atoms. The van der Waals surface area contributed by atoms with Crippen LogP contribution in [0.3, 0.4) is 0 Å². The number of carbonyl (C=O) groups is 2. The number of anilines is 1. The van der Waals surface area contributed by atoms with Gasteiger partial charge in [-0.1, -0.05) is 42.5 Å². The van der Waals surface area contributed by atoms with Crippen LogP contribution in [0.1, 0.15) is 31.8 Å². The van der Waals surface area contributed by atoms with Gasteiger partial charge >= 0.3 is 0 Å². The minimum Gasteiger partial charge on any atom is -0.366 e. The average molecular weight is 376 g/mol. The zero-order chi connectivity index (χ0) is 19.1. The molecule has 3 aromatic rings. The summed E-state index contributed by atoms with van der Waals surface area (Å²) in [5.74, 6) is 1.18. The molecule has 0 heterocycles. The zero-order valence-corrected chi connectivity index (χ0v) is 15.5. The van der Waals surface area contributed by atoms with Crippen molar-refractivity contribution in [3.63, 3.8) is 0 Å². The Morgan fingerprint density at radius 3 is 1.89 bits per heavy atom. The lowest BCUT2D eigenvalue weighted by molar-refractivity contribution is 0.0998. The lowest BCUT2D eigenvalue weighted by atomic mass is 10.1. The van der Waals surface area contributed by atoms with Gasteiger partial charge in [0.25, 0.3) is 5.91 Å². The van der Waals surface area contributed by atoms with Crippen molar-refractivity contribution in [2.24, 2.45) is 5.73 Å². The molecule has 0 unspecified atom stereocenters. The smallest absolute Gasteiger partial charge is 0.255 e. The van der Waals surface area contributed by atoms with Gasteiger partial charge in [0.1, 0.15) is 0 Å². The number of rotatable bonds is 7. The topological polar surface area (TPSA) is 72.2 Å². The molecular formula is C22H20N2O2S. The summed E-state index contributed by atoms with van der Waals surface area (Å²) in [5.41, 5.74) is 9.31.